The van der Waals surface area contributed by atoms with Crippen LogP contribution in [-0.2, 0) is 0 Å². The van der Waals surface area contributed by atoms with E-state index >= 15 is 0 Å². The second kappa shape index (κ2) is 8.64. The number of anilines is 1. The predicted octanol–water partition coefficient (Wildman–Crippen LogP) is 3.23. The van der Waals surface area contributed by atoms with Gasteiger partial charge in [-0.25, -0.2) is 9.78 Å². The molecule has 28 heavy (non-hydrogen) atoms. The Morgan fingerprint density at radius 2 is 2.00 bits per heavy atom. The van der Waals surface area contributed by atoms with Crippen molar-refractivity contribution >= 4 is 11.8 Å². The highest BCUT2D eigenvalue weighted by atomic mass is 16.5. The minimum absolute atomic E-state index is 0.0806. The van der Waals surface area contributed by atoms with Crippen LogP contribution < -0.4 is 9.64 Å². The fraction of sp³-hybridized carbons (Fsp3) is 0.143. The van der Waals surface area contributed by atoms with Gasteiger partial charge in [0.2, 0.25) is 0 Å². The smallest absolute Gasteiger partial charge is 0.337 e. The fourth-order valence-electron chi connectivity index (χ4n) is 2.69. The number of rotatable bonds is 7. The summed E-state index contributed by atoms with van der Waals surface area (Å²) in [6.07, 6.45) is 3.24. The number of hydrogen-bond acceptors (Lipinski definition) is 6. The lowest BCUT2D eigenvalue weighted by molar-refractivity contribution is 0.0697. The minimum atomic E-state index is -1.07. The van der Waals surface area contributed by atoms with E-state index in [1.54, 1.807) is 30.5 Å². The summed E-state index contributed by atoms with van der Waals surface area (Å²) in [4.78, 5) is 21.8. The highest BCUT2D eigenvalue weighted by molar-refractivity contribution is 5.94. The fourth-order valence-corrected chi connectivity index (χ4v) is 2.69. The number of likely N-dealkylation sites (N-methyl/N-ethyl adjacent to an activating group) is 1. The molecule has 0 aliphatic carbocycles. The first-order valence-corrected chi connectivity index (χ1v) is 8.58. The van der Waals surface area contributed by atoms with Crippen molar-refractivity contribution in [2.45, 2.75) is 0 Å². The summed E-state index contributed by atoms with van der Waals surface area (Å²) in [5, 5.41) is 18.8. The van der Waals surface area contributed by atoms with E-state index in [1.165, 1.54) is 12.3 Å². The maximum absolute atomic E-state index is 11.4. The monoisotopic (exact) mass is 374 g/mol. The van der Waals surface area contributed by atoms with E-state index in [-0.39, 0.29) is 5.56 Å². The number of nitriles is 1. The van der Waals surface area contributed by atoms with E-state index in [4.69, 9.17) is 4.74 Å². The van der Waals surface area contributed by atoms with Crippen molar-refractivity contribution in [1.29, 1.82) is 5.26 Å². The number of carbonyl (C=O) groups is 1. The van der Waals surface area contributed by atoms with Crippen LogP contribution in [0.5, 0.6) is 5.75 Å². The SMILES string of the molecule is CN(CCOc1ccc(-c2ncccc2C(=O)O)cc1C#N)c1ccccn1. The quantitative estimate of drug-likeness (QED) is 0.678. The Bertz CT molecular complexity index is 1020. The molecule has 1 N–H and O–H groups in total. The van der Waals surface area contributed by atoms with Gasteiger partial charge in [0.25, 0.3) is 0 Å². The van der Waals surface area contributed by atoms with E-state index in [0.717, 1.165) is 5.82 Å². The van der Waals surface area contributed by atoms with Gasteiger partial charge in [-0.2, -0.15) is 5.26 Å². The normalized spacial score (nSPS) is 10.1. The van der Waals surface area contributed by atoms with Crippen molar-refractivity contribution in [2.24, 2.45) is 0 Å². The molecule has 2 aromatic heterocycles. The summed E-state index contributed by atoms with van der Waals surface area (Å²) in [6.45, 7) is 0.956. The highest BCUT2D eigenvalue weighted by Crippen LogP contribution is 2.27. The van der Waals surface area contributed by atoms with Gasteiger partial charge in [-0.05, 0) is 42.5 Å². The van der Waals surface area contributed by atoms with Crippen LogP contribution in [0.25, 0.3) is 11.3 Å². The van der Waals surface area contributed by atoms with E-state index in [1.807, 2.05) is 30.1 Å². The minimum Gasteiger partial charge on any atom is -0.490 e. The zero-order valence-electron chi connectivity index (χ0n) is 15.2. The Balaban J connectivity index is 1.74. The molecule has 1 aromatic carbocycles. The maximum Gasteiger partial charge on any atom is 0.337 e. The van der Waals surface area contributed by atoms with E-state index < -0.39 is 5.97 Å². The van der Waals surface area contributed by atoms with Gasteiger partial charge in [0.1, 0.15) is 24.2 Å². The average Bonchev–Trinajstić information content (AvgIpc) is 2.74. The van der Waals surface area contributed by atoms with Gasteiger partial charge in [-0.3, -0.25) is 4.98 Å². The summed E-state index contributed by atoms with van der Waals surface area (Å²) >= 11 is 0. The molecule has 0 saturated heterocycles. The Kier molecular flexibility index (Phi) is 5.82. The van der Waals surface area contributed by atoms with Crippen molar-refractivity contribution in [2.75, 3.05) is 25.1 Å². The first-order chi connectivity index (χ1) is 13.6. The summed E-state index contributed by atoms with van der Waals surface area (Å²) in [5.41, 5.74) is 1.26. The Hall–Kier alpha value is -3.92. The third kappa shape index (κ3) is 4.24. The molecular weight excluding hydrogens is 356 g/mol. The summed E-state index contributed by atoms with van der Waals surface area (Å²) in [5.74, 6) is 0.200. The molecule has 0 radical (unpaired) electrons. The zero-order chi connectivity index (χ0) is 19.9. The summed E-state index contributed by atoms with van der Waals surface area (Å²) in [7, 11) is 1.91. The van der Waals surface area contributed by atoms with Gasteiger partial charge in [-0.15, -0.1) is 0 Å². The molecule has 2 heterocycles. The summed E-state index contributed by atoms with van der Waals surface area (Å²) < 4.78 is 5.76. The highest BCUT2D eigenvalue weighted by Gasteiger charge is 2.14. The molecule has 0 aliphatic heterocycles. The molecular formula is C21H18N4O3. The standard InChI is InChI=1S/C21H18N4O3/c1-25(19-6-2-3-9-23-19)11-12-28-18-8-7-15(13-16(18)14-22)20-17(21(26)27)5-4-10-24-20/h2-10,13H,11-12H2,1H3,(H,26,27). The molecule has 0 atom stereocenters. The number of benzene rings is 1. The number of carboxylic acids is 1. The van der Waals surface area contributed by atoms with Crippen molar-refractivity contribution in [3.63, 3.8) is 0 Å². The van der Waals surface area contributed by atoms with Crippen LogP contribution in [0, 0.1) is 11.3 Å². The Morgan fingerprint density at radius 1 is 1.18 bits per heavy atom. The molecule has 7 heteroatoms. The maximum atomic E-state index is 11.4. The number of aromatic nitrogens is 2. The predicted molar refractivity (Wildman–Crippen MR) is 104 cm³/mol. The molecule has 140 valence electrons. The third-order valence-electron chi connectivity index (χ3n) is 4.14. The van der Waals surface area contributed by atoms with Crippen LogP contribution in [0.3, 0.4) is 0 Å². The second-order valence-corrected chi connectivity index (χ2v) is 5.99. The largest absolute Gasteiger partial charge is 0.490 e. The molecule has 0 spiro atoms. The van der Waals surface area contributed by atoms with Crippen molar-refractivity contribution < 1.29 is 14.6 Å². The molecule has 0 saturated carbocycles. The lowest BCUT2D eigenvalue weighted by Gasteiger charge is -2.18. The molecule has 0 aliphatic rings. The number of aromatic carboxylic acids is 1. The van der Waals surface area contributed by atoms with Gasteiger partial charge in [-0.1, -0.05) is 6.07 Å². The first-order valence-electron chi connectivity index (χ1n) is 8.58. The third-order valence-corrected chi connectivity index (χ3v) is 4.14. The zero-order valence-corrected chi connectivity index (χ0v) is 15.2. The van der Waals surface area contributed by atoms with Gasteiger partial charge in [0.15, 0.2) is 0 Å². The van der Waals surface area contributed by atoms with Gasteiger partial charge < -0.3 is 14.7 Å². The lowest BCUT2D eigenvalue weighted by Crippen LogP contribution is -2.24. The summed E-state index contributed by atoms with van der Waals surface area (Å²) in [6, 6.07) is 15.8. The molecule has 7 nitrogen and oxygen atoms in total. The Labute approximate surface area is 162 Å². The van der Waals surface area contributed by atoms with Gasteiger partial charge in [0, 0.05) is 25.0 Å². The molecule has 0 bridgehead atoms. The van der Waals surface area contributed by atoms with E-state index in [2.05, 4.69) is 16.0 Å². The number of hydrogen-bond donors (Lipinski definition) is 1. The molecule has 0 fully saturated rings. The van der Waals surface area contributed by atoms with Crippen LogP contribution in [0.1, 0.15) is 15.9 Å². The number of ether oxygens (including phenoxy) is 1. The number of pyridine rings is 2. The Morgan fingerprint density at radius 3 is 2.71 bits per heavy atom. The van der Waals surface area contributed by atoms with E-state index in [0.29, 0.717) is 35.7 Å². The molecule has 3 aromatic rings. The number of carboxylic acid groups (broad SMARTS) is 1. The van der Waals surface area contributed by atoms with Gasteiger partial charge >= 0.3 is 5.97 Å². The first kappa shape index (κ1) is 18.9. The van der Waals surface area contributed by atoms with Crippen LogP contribution in [-0.4, -0.2) is 41.2 Å². The van der Waals surface area contributed by atoms with E-state index in [9.17, 15) is 15.2 Å². The number of nitrogens with zero attached hydrogens (tertiary/aromatic N) is 4. The van der Waals surface area contributed by atoms with Crippen LogP contribution in [0.2, 0.25) is 0 Å². The second-order valence-electron chi connectivity index (χ2n) is 5.99. The van der Waals surface area contributed by atoms with Crippen molar-refractivity contribution in [1.82, 2.24) is 9.97 Å². The van der Waals surface area contributed by atoms with Crippen LogP contribution in [0.15, 0.2) is 60.9 Å². The van der Waals surface area contributed by atoms with Crippen molar-refractivity contribution in [3.05, 3.63) is 72.1 Å². The molecule has 0 amide bonds. The lowest BCUT2D eigenvalue weighted by atomic mass is 10.0. The average molecular weight is 374 g/mol. The van der Waals surface area contributed by atoms with Crippen LogP contribution >= 0.6 is 0 Å². The van der Waals surface area contributed by atoms with Gasteiger partial charge in [0.05, 0.1) is 23.4 Å². The van der Waals surface area contributed by atoms with Crippen molar-refractivity contribution in [3.8, 4) is 23.1 Å². The topological polar surface area (TPSA) is 99.3 Å². The molecule has 3 rings (SSSR count). The molecule has 0 unspecified atom stereocenters. The van der Waals surface area contributed by atoms with Crippen LogP contribution in [0.4, 0.5) is 5.82 Å².